The lowest BCUT2D eigenvalue weighted by Gasteiger charge is -2.09. The number of nitrogens with one attached hydrogen (secondary N) is 1. The molecule has 0 fully saturated rings. The van der Waals surface area contributed by atoms with Gasteiger partial charge in [0.25, 0.3) is 0 Å². The third kappa shape index (κ3) is 4.15. The van der Waals surface area contributed by atoms with E-state index in [0.717, 1.165) is 5.56 Å². The monoisotopic (exact) mass is 331 g/mol. The molecule has 0 aliphatic heterocycles. The molecule has 0 heterocycles. The molecule has 0 bridgehead atoms. The minimum Gasteiger partial charge on any atom is -0.505 e. The Kier molecular flexibility index (Phi) is 5.32. The van der Waals surface area contributed by atoms with Gasteiger partial charge in [-0.25, -0.2) is 0 Å². The van der Waals surface area contributed by atoms with Gasteiger partial charge < -0.3 is 15.1 Å². The first kappa shape index (κ1) is 15.2. The summed E-state index contributed by atoms with van der Waals surface area (Å²) in [7, 11) is -0.150. The van der Waals surface area contributed by atoms with Crippen molar-refractivity contribution in [2.24, 2.45) is 0 Å². The summed E-state index contributed by atoms with van der Waals surface area (Å²) in [5.74, 6) is 0.486. The second-order valence-electron chi connectivity index (χ2n) is 4.00. The Labute approximate surface area is 128 Å². The predicted molar refractivity (Wildman–Crippen MR) is 83.0 cm³/mol. The van der Waals surface area contributed by atoms with Crippen LogP contribution in [-0.4, -0.2) is 5.11 Å². The number of benzene rings is 2. The van der Waals surface area contributed by atoms with Gasteiger partial charge in [0, 0.05) is 5.69 Å². The second-order valence-corrected chi connectivity index (χ2v) is 5.43. The van der Waals surface area contributed by atoms with Crippen LogP contribution in [0.3, 0.4) is 0 Å². The molecule has 2 aromatic carbocycles. The summed E-state index contributed by atoms with van der Waals surface area (Å²) in [5.41, 5.74) is 1.71. The molecule has 4 nitrogen and oxygen atoms in total. The van der Waals surface area contributed by atoms with E-state index in [1.807, 2.05) is 25.1 Å². The first-order chi connectivity index (χ1) is 9.56. The van der Waals surface area contributed by atoms with E-state index in [-0.39, 0.29) is 24.8 Å². The summed E-state index contributed by atoms with van der Waals surface area (Å²) in [5, 5.41) is 12.7. The fraction of sp³-hybridized carbons (Fsp3) is 0.0769. The van der Waals surface area contributed by atoms with Crippen LogP contribution < -0.4 is 9.97 Å². The van der Waals surface area contributed by atoms with Crippen molar-refractivity contribution in [2.45, 2.75) is 6.92 Å². The smallest absolute Gasteiger partial charge is 0.169 e. The van der Waals surface area contributed by atoms with Crippen LogP contribution in [-0.2, 0) is 4.67 Å². The number of anilines is 1. The van der Waals surface area contributed by atoms with Crippen molar-refractivity contribution in [1.82, 2.24) is 0 Å². The average molecular weight is 332 g/mol. The number of hydrogen-bond acceptors (Lipinski definition) is 4. The van der Waals surface area contributed by atoms with Crippen LogP contribution in [0, 0.1) is 6.92 Å². The van der Waals surface area contributed by atoms with Crippen molar-refractivity contribution in [3.8, 4) is 11.5 Å². The molecule has 2 aromatic rings. The van der Waals surface area contributed by atoms with Gasteiger partial charge >= 0.3 is 0 Å². The van der Waals surface area contributed by atoms with E-state index in [2.05, 4.69) is 5.09 Å². The molecule has 1 atom stereocenters. The fourth-order valence-electron chi connectivity index (χ4n) is 1.45. The van der Waals surface area contributed by atoms with Gasteiger partial charge in [-0.3, -0.25) is 0 Å². The molecule has 106 valence electrons. The van der Waals surface area contributed by atoms with Gasteiger partial charge in [0.1, 0.15) is 0 Å². The summed E-state index contributed by atoms with van der Waals surface area (Å²) >= 11 is 11.6. The quantitative estimate of drug-likeness (QED) is 0.268. The average Bonchev–Trinajstić information content (AvgIpc) is 2.41. The van der Waals surface area contributed by atoms with E-state index in [4.69, 9.17) is 32.8 Å². The first-order valence-electron chi connectivity index (χ1n) is 5.65. The Morgan fingerprint density at radius 3 is 2.50 bits per heavy atom. The zero-order valence-electron chi connectivity index (χ0n) is 10.5. The number of aromatic hydroxyl groups is 1. The molecule has 0 spiro atoms. The summed E-state index contributed by atoms with van der Waals surface area (Å²) < 4.78 is 5.06. The Bertz CT molecular complexity index is 587. The van der Waals surface area contributed by atoms with E-state index in [1.165, 1.54) is 0 Å². The molecule has 1 unspecified atom stereocenters. The highest BCUT2D eigenvalue weighted by atomic mass is 35.5. The van der Waals surface area contributed by atoms with Gasteiger partial charge in [-0.1, -0.05) is 35.3 Å². The van der Waals surface area contributed by atoms with Gasteiger partial charge in [-0.05, 0) is 36.8 Å². The van der Waals surface area contributed by atoms with Crippen LogP contribution >= 0.6 is 32.2 Å². The number of hydrogen-bond donors (Lipinski definition) is 2. The Morgan fingerprint density at radius 2 is 1.85 bits per heavy atom. The highest BCUT2D eigenvalue weighted by Crippen LogP contribution is 2.36. The molecular formula is C13H12Cl2NO3P. The minimum absolute atomic E-state index is 0.140. The second kappa shape index (κ2) is 7.00. The normalized spacial score (nSPS) is 10.9. The number of phenols is 1. The van der Waals surface area contributed by atoms with Crippen molar-refractivity contribution in [3.05, 3.63) is 52.0 Å². The summed E-state index contributed by atoms with van der Waals surface area (Å²) in [6.07, 6.45) is 0. The molecular weight excluding hydrogens is 320 g/mol. The highest BCUT2D eigenvalue weighted by Gasteiger charge is 2.06. The van der Waals surface area contributed by atoms with Crippen LogP contribution in [0.4, 0.5) is 5.69 Å². The van der Waals surface area contributed by atoms with E-state index < -0.39 is 0 Å². The SMILES string of the molecule is Cc1cccc(OOPNc2cc(Cl)c(O)c(Cl)c2)c1. The van der Waals surface area contributed by atoms with E-state index in [1.54, 1.807) is 18.2 Å². The summed E-state index contributed by atoms with van der Waals surface area (Å²) in [6, 6.07) is 10.6. The van der Waals surface area contributed by atoms with E-state index in [9.17, 15) is 5.11 Å². The van der Waals surface area contributed by atoms with Crippen molar-refractivity contribution in [1.29, 1.82) is 0 Å². The van der Waals surface area contributed by atoms with Crippen molar-refractivity contribution in [3.63, 3.8) is 0 Å². The van der Waals surface area contributed by atoms with Gasteiger partial charge in [-0.15, -0.1) is 4.67 Å². The topological polar surface area (TPSA) is 50.7 Å². The van der Waals surface area contributed by atoms with Crippen molar-refractivity contribution < 1.29 is 14.7 Å². The molecule has 0 saturated heterocycles. The molecule has 2 N–H and O–H groups in total. The lowest BCUT2D eigenvalue weighted by Crippen LogP contribution is -1.92. The summed E-state index contributed by atoms with van der Waals surface area (Å²) in [4.78, 5) is 5.13. The van der Waals surface area contributed by atoms with Gasteiger partial charge in [0.2, 0.25) is 0 Å². The summed E-state index contributed by atoms with van der Waals surface area (Å²) in [6.45, 7) is 1.97. The lowest BCUT2D eigenvalue weighted by atomic mass is 10.2. The zero-order valence-corrected chi connectivity index (χ0v) is 13.0. The third-order valence-corrected chi connectivity index (χ3v) is 3.51. The molecule has 0 aliphatic carbocycles. The number of aryl methyl sites for hydroxylation is 1. The van der Waals surface area contributed by atoms with Crippen molar-refractivity contribution in [2.75, 3.05) is 5.09 Å². The molecule has 0 saturated carbocycles. The Balaban J connectivity index is 1.84. The van der Waals surface area contributed by atoms with Gasteiger partial charge in [0.15, 0.2) is 20.5 Å². The zero-order chi connectivity index (χ0) is 14.5. The van der Waals surface area contributed by atoms with Crippen LogP contribution in [0.1, 0.15) is 5.56 Å². The highest BCUT2D eigenvalue weighted by molar-refractivity contribution is 7.34. The largest absolute Gasteiger partial charge is 0.505 e. The van der Waals surface area contributed by atoms with Gasteiger partial charge in [0.05, 0.1) is 10.0 Å². The standard InChI is InChI=1S/C13H12Cl2NO3P/c1-8-3-2-4-10(5-8)18-19-20-16-9-6-11(14)13(17)12(15)7-9/h2-7,16-17,20H,1H3. The van der Waals surface area contributed by atoms with E-state index >= 15 is 0 Å². The molecule has 7 heteroatoms. The van der Waals surface area contributed by atoms with E-state index in [0.29, 0.717) is 11.4 Å². The molecule has 0 amide bonds. The Hall–Kier alpha value is -1.19. The molecule has 2 rings (SSSR count). The van der Waals surface area contributed by atoms with Gasteiger partial charge in [-0.2, -0.15) is 0 Å². The van der Waals surface area contributed by atoms with Crippen LogP contribution in [0.5, 0.6) is 11.5 Å². The molecule has 0 aromatic heterocycles. The third-order valence-electron chi connectivity index (χ3n) is 2.38. The lowest BCUT2D eigenvalue weighted by molar-refractivity contribution is -0.0835. The number of phenolic OH excluding ortho intramolecular Hbond substituents is 1. The minimum atomic E-state index is -0.150. The molecule has 0 radical (unpaired) electrons. The maximum absolute atomic E-state index is 9.43. The molecule has 20 heavy (non-hydrogen) atoms. The number of rotatable bonds is 5. The predicted octanol–water partition coefficient (Wildman–Crippen LogP) is 4.94. The van der Waals surface area contributed by atoms with Crippen LogP contribution in [0.15, 0.2) is 36.4 Å². The van der Waals surface area contributed by atoms with Crippen LogP contribution in [0.25, 0.3) is 0 Å². The van der Waals surface area contributed by atoms with Crippen molar-refractivity contribution >= 4 is 37.8 Å². The van der Waals surface area contributed by atoms with Crippen LogP contribution in [0.2, 0.25) is 10.0 Å². The number of halogens is 2. The molecule has 0 aliphatic rings. The maximum Gasteiger partial charge on any atom is 0.169 e. The maximum atomic E-state index is 9.43. The fourth-order valence-corrected chi connectivity index (χ4v) is 2.38. The first-order valence-corrected chi connectivity index (χ1v) is 7.32. The Morgan fingerprint density at radius 1 is 1.15 bits per heavy atom.